The molecular weight excluding hydrogens is 374 g/mol. The van der Waals surface area contributed by atoms with E-state index in [4.69, 9.17) is 4.74 Å². The Morgan fingerprint density at radius 3 is 3.00 bits per heavy atom. The number of hydrogen-bond donors (Lipinski definition) is 3. The number of benzene rings is 1. The van der Waals surface area contributed by atoms with Crippen LogP contribution in [0.1, 0.15) is 11.1 Å². The number of aromatic nitrogens is 3. The highest BCUT2D eigenvalue weighted by molar-refractivity contribution is 7.12. The molecule has 0 spiro atoms. The van der Waals surface area contributed by atoms with Crippen molar-refractivity contribution in [3.05, 3.63) is 65.4 Å². The summed E-state index contributed by atoms with van der Waals surface area (Å²) in [6, 6.07) is 11.9. The lowest BCUT2D eigenvalue weighted by atomic mass is 10.1. The Balaban J connectivity index is 1.37. The molecule has 0 unspecified atom stereocenters. The smallest absolute Gasteiger partial charge is 0.397 e. The molecule has 0 bridgehead atoms. The van der Waals surface area contributed by atoms with E-state index in [9.17, 15) is 4.79 Å². The van der Waals surface area contributed by atoms with Crippen LogP contribution >= 0.6 is 11.3 Å². The summed E-state index contributed by atoms with van der Waals surface area (Å²) < 4.78 is 5.47. The van der Waals surface area contributed by atoms with Crippen molar-refractivity contribution < 1.29 is 9.53 Å². The molecule has 0 radical (unpaired) electrons. The number of amides is 1. The molecule has 142 valence electrons. The van der Waals surface area contributed by atoms with Crippen LogP contribution in [0.2, 0.25) is 0 Å². The molecule has 0 saturated carbocycles. The lowest BCUT2D eigenvalue weighted by Gasteiger charge is -2.10. The van der Waals surface area contributed by atoms with E-state index < -0.39 is 6.09 Å². The highest BCUT2D eigenvalue weighted by Crippen LogP contribution is 2.34. The van der Waals surface area contributed by atoms with Crippen LogP contribution in [0.5, 0.6) is 5.06 Å². The number of anilines is 2. The van der Waals surface area contributed by atoms with Crippen molar-refractivity contribution in [1.29, 1.82) is 0 Å². The lowest BCUT2D eigenvalue weighted by Crippen LogP contribution is -2.28. The van der Waals surface area contributed by atoms with Gasteiger partial charge in [0.1, 0.15) is 17.8 Å². The number of ether oxygens (including phenoxy) is 1. The van der Waals surface area contributed by atoms with E-state index >= 15 is 0 Å². The van der Waals surface area contributed by atoms with Crippen molar-refractivity contribution >= 4 is 40.0 Å². The summed E-state index contributed by atoms with van der Waals surface area (Å²) in [4.78, 5) is 23.7. The molecule has 0 fully saturated rings. The number of aryl methyl sites for hydroxylation is 1. The number of nitrogens with zero attached hydrogens (tertiary/aromatic N) is 2. The summed E-state index contributed by atoms with van der Waals surface area (Å²) in [6.45, 7) is 2.57. The van der Waals surface area contributed by atoms with Crippen LogP contribution in [-0.4, -0.2) is 27.6 Å². The normalized spacial score (nSPS) is 10.8. The van der Waals surface area contributed by atoms with E-state index in [1.165, 1.54) is 28.8 Å². The van der Waals surface area contributed by atoms with Gasteiger partial charge in [0.2, 0.25) is 5.06 Å². The van der Waals surface area contributed by atoms with E-state index in [0.717, 1.165) is 17.5 Å². The predicted octanol–water partition coefficient (Wildman–Crippen LogP) is 4.40. The van der Waals surface area contributed by atoms with Crippen LogP contribution in [0.25, 0.3) is 11.0 Å². The van der Waals surface area contributed by atoms with Gasteiger partial charge in [-0.25, -0.2) is 14.8 Å². The molecule has 3 aromatic heterocycles. The molecule has 8 heteroatoms. The molecule has 1 amide bonds. The molecular formula is C20H19N5O2S. The van der Waals surface area contributed by atoms with Crippen LogP contribution < -0.4 is 15.4 Å². The van der Waals surface area contributed by atoms with Crippen LogP contribution in [-0.2, 0) is 6.42 Å². The Kier molecular flexibility index (Phi) is 5.20. The first kappa shape index (κ1) is 18.0. The van der Waals surface area contributed by atoms with E-state index in [2.05, 4.69) is 44.6 Å². The van der Waals surface area contributed by atoms with Gasteiger partial charge >= 0.3 is 6.09 Å². The van der Waals surface area contributed by atoms with E-state index in [1.807, 2.05) is 29.6 Å². The summed E-state index contributed by atoms with van der Waals surface area (Å²) in [7, 11) is 0. The molecule has 0 aliphatic heterocycles. The minimum absolute atomic E-state index is 0.478. The van der Waals surface area contributed by atoms with Gasteiger partial charge in [0, 0.05) is 12.7 Å². The van der Waals surface area contributed by atoms with Crippen LogP contribution in [0, 0.1) is 6.92 Å². The molecule has 3 N–H and O–H groups in total. The first-order valence-corrected chi connectivity index (χ1v) is 9.71. The van der Waals surface area contributed by atoms with Gasteiger partial charge < -0.3 is 20.4 Å². The minimum Gasteiger partial charge on any atom is -0.397 e. The number of carbonyl (C=O) groups is 1. The quantitative estimate of drug-likeness (QED) is 0.451. The summed E-state index contributed by atoms with van der Waals surface area (Å²) in [5.41, 5.74) is 3.84. The van der Waals surface area contributed by atoms with Gasteiger partial charge in [-0.15, -0.1) is 11.3 Å². The second-order valence-electron chi connectivity index (χ2n) is 6.20. The Bertz CT molecular complexity index is 1100. The van der Waals surface area contributed by atoms with Crippen molar-refractivity contribution in [2.75, 3.05) is 11.9 Å². The lowest BCUT2D eigenvalue weighted by molar-refractivity contribution is 0.202. The monoisotopic (exact) mass is 393 g/mol. The highest BCUT2D eigenvalue weighted by atomic mass is 32.1. The number of aromatic amines is 1. The molecule has 0 saturated heterocycles. The van der Waals surface area contributed by atoms with Crippen molar-refractivity contribution in [3.63, 3.8) is 0 Å². The SMILES string of the molecule is Cc1ccccc1CCNC(=O)Oc1sccc1Nc1ncnc2[nH]ccc12. The molecule has 0 aliphatic carbocycles. The van der Waals surface area contributed by atoms with Gasteiger partial charge in [0.15, 0.2) is 0 Å². The Morgan fingerprint density at radius 2 is 2.11 bits per heavy atom. The molecule has 1 aromatic carbocycles. The molecule has 0 aliphatic rings. The summed E-state index contributed by atoms with van der Waals surface area (Å²) in [5.74, 6) is 0.648. The molecule has 3 heterocycles. The van der Waals surface area contributed by atoms with E-state index in [0.29, 0.717) is 23.1 Å². The first-order chi connectivity index (χ1) is 13.7. The fourth-order valence-corrected chi connectivity index (χ4v) is 3.57. The summed E-state index contributed by atoms with van der Waals surface area (Å²) >= 11 is 1.34. The zero-order valence-corrected chi connectivity index (χ0v) is 16.0. The van der Waals surface area contributed by atoms with Crippen LogP contribution in [0.3, 0.4) is 0 Å². The standard InChI is InChI=1S/C20H19N5O2S/c1-13-4-2-3-5-14(13)6-9-22-20(26)27-19-16(8-11-28-19)25-18-15-7-10-21-17(15)23-12-24-18/h2-5,7-8,10-12H,6,9H2,1H3,(H,22,26)(H2,21,23,24,25). The Labute approximate surface area is 165 Å². The van der Waals surface area contributed by atoms with Gasteiger partial charge in [-0.05, 0) is 42.0 Å². The van der Waals surface area contributed by atoms with Crippen LogP contribution in [0.15, 0.2) is 54.3 Å². The third-order valence-electron chi connectivity index (χ3n) is 4.35. The highest BCUT2D eigenvalue weighted by Gasteiger charge is 2.13. The number of carbonyl (C=O) groups excluding carboxylic acids is 1. The molecule has 4 rings (SSSR count). The number of thiophene rings is 1. The van der Waals surface area contributed by atoms with Crippen molar-refractivity contribution in [3.8, 4) is 5.06 Å². The van der Waals surface area contributed by atoms with Gasteiger partial charge in [0.05, 0.1) is 11.1 Å². The van der Waals surface area contributed by atoms with E-state index in [-0.39, 0.29) is 0 Å². The number of fused-ring (bicyclic) bond motifs is 1. The Morgan fingerprint density at radius 1 is 1.21 bits per heavy atom. The Hall–Kier alpha value is -3.39. The molecule has 7 nitrogen and oxygen atoms in total. The van der Waals surface area contributed by atoms with E-state index in [1.54, 1.807) is 6.20 Å². The second-order valence-corrected chi connectivity index (χ2v) is 7.08. The topological polar surface area (TPSA) is 91.9 Å². The van der Waals surface area contributed by atoms with Gasteiger partial charge in [0.25, 0.3) is 0 Å². The fraction of sp³-hybridized carbons (Fsp3) is 0.150. The third-order valence-corrected chi connectivity index (χ3v) is 5.14. The predicted molar refractivity (Wildman–Crippen MR) is 110 cm³/mol. The number of H-pyrrole nitrogens is 1. The maximum atomic E-state index is 12.2. The first-order valence-electron chi connectivity index (χ1n) is 8.83. The zero-order valence-electron chi connectivity index (χ0n) is 15.2. The largest absolute Gasteiger partial charge is 0.413 e. The van der Waals surface area contributed by atoms with Crippen molar-refractivity contribution in [2.24, 2.45) is 0 Å². The third kappa shape index (κ3) is 3.96. The minimum atomic E-state index is -0.478. The average molecular weight is 393 g/mol. The second kappa shape index (κ2) is 8.10. The number of hydrogen-bond acceptors (Lipinski definition) is 6. The maximum absolute atomic E-state index is 12.2. The summed E-state index contributed by atoms with van der Waals surface area (Å²) in [5, 5.41) is 9.21. The average Bonchev–Trinajstić information content (AvgIpc) is 3.33. The summed E-state index contributed by atoms with van der Waals surface area (Å²) in [6.07, 6.45) is 3.56. The van der Waals surface area contributed by atoms with Gasteiger partial charge in [-0.3, -0.25) is 0 Å². The molecule has 4 aromatic rings. The zero-order chi connectivity index (χ0) is 19.3. The maximum Gasteiger partial charge on any atom is 0.413 e. The fourth-order valence-electron chi connectivity index (χ4n) is 2.88. The molecule has 28 heavy (non-hydrogen) atoms. The van der Waals surface area contributed by atoms with Gasteiger partial charge in [-0.1, -0.05) is 24.3 Å². The number of nitrogens with one attached hydrogen (secondary N) is 3. The van der Waals surface area contributed by atoms with Crippen molar-refractivity contribution in [2.45, 2.75) is 13.3 Å². The molecule has 0 atom stereocenters. The van der Waals surface area contributed by atoms with Crippen molar-refractivity contribution in [1.82, 2.24) is 20.3 Å². The number of rotatable bonds is 6. The van der Waals surface area contributed by atoms with Gasteiger partial charge in [-0.2, -0.15) is 0 Å². The van der Waals surface area contributed by atoms with Crippen LogP contribution in [0.4, 0.5) is 16.3 Å².